The molecule has 0 atom stereocenters. The highest BCUT2D eigenvalue weighted by molar-refractivity contribution is 5.87. The molecule has 0 aromatic heterocycles. The Labute approximate surface area is 106 Å². The molecule has 1 heterocycles. The van der Waals surface area contributed by atoms with E-state index in [4.69, 9.17) is 0 Å². The number of nitrogens with one attached hydrogen (secondary N) is 1. The van der Waals surface area contributed by atoms with E-state index >= 15 is 0 Å². The summed E-state index contributed by atoms with van der Waals surface area (Å²) in [6.45, 7) is 0. The molecule has 1 aliphatic rings. The molecule has 2 N–H and O–H groups in total. The highest BCUT2D eigenvalue weighted by Crippen LogP contribution is 2.29. The number of fused-ring (bicyclic) bond motifs is 1. The van der Waals surface area contributed by atoms with Crippen molar-refractivity contribution >= 4 is 17.1 Å². The second-order valence-corrected chi connectivity index (χ2v) is 4.17. The van der Waals surface area contributed by atoms with Gasteiger partial charge in [0.1, 0.15) is 5.76 Å². The van der Waals surface area contributed by atoms with E-state index in [0.717, 1.165) is 22.5 Å². The molecule has 0 saturated heterocycles. The predicted octanol–water partition coefficient (Wildman–Crippen LogP) is 4.05. The number of aliphatic hydroxyl groups is 1. The SMILES string of the molecule is OC1=CC=C(c2ccccc2)Nc2ccccc21. The average Bonchev–Trinajstić information content (AvgIpc) is 2.60. The summed E-state index contributed by atoms with van der Waals surface area (Å²) in [5, 5.41) is 13.3. The Bertz CT molecular complexity index is 627. The Hall–Kier alpha value is -2.48. The highest BCUT2D eigenvalue weighted by Gasteiger charge is 2.11. The first-order chi connectivity index (χ1) is 8.84. The van der Waals surface area contributed by atoms with Gasteiger partial charge < -0.3 is 10.4 Å². The lowest BCUT2D eigenvalue weighted by molar-refractivity contribution is 0.512. The molecule has 2 heteroatoms. The summed E-state index contributed by atoms with van der Waals surface area (Å²) in [4.78, 5) is 0. The lowest BCUT2D eigenvalue weighted by Gasteiger charge is -2.12. The van der Waals surface area contributed by atoms with Crippen molar-refractivity contribution in [3.63, 3.8) is 0 Å². The zero-order valence-corrected chi connectivity index (χ0v) is 9.80. The summed E-state index contributed by atoms with van der Waals surface area (Å²) in [6.07, 6.45) is 3.62. The van der Waals surface area contributed by atoms with Crippen molar-refractivity contribution in [3.05, 3.63) is 77.9 Å². The molecule has 0 spiro atoms. The minimum Gasteiger partial charge on any atom is -0.507 e. The largest absolute Gasteiger partial charge is 0.507 e. The van der Waals surface area contributed by atoms with Gasteiger partial charge in [0.25, 0.3) is 0 Å². The molecule has 0 saturated carbocycles. The lowest BCUT2D eigenvalue weighted by atomic mass is 10.1. The molecule has 0 bridgehead atoms. The number of rotatable bonds is 1. The van der Waals surface area contributed by atoms with Crippen LogP contribution in [0.1, 0.15) is 11.1 Å². The monoisotopic (exact) mass is 235 g/mol. The van der Waals surface area contributed by atoms with Crippen LogP contribution in [0.2, 0.25) is 0 Å². The summed E-state index contributed by atoms with van der Waals surface area (Å²) in [7, 11) is 0. The van der Waals surface area contributed by atoms with Crippen molar-refractivity contribution in [2.45, 2.75) is 0 Å². The quantitative estimate of drug-likeness (QED) is 0.781. The Morgan fingerprint density at radius 2 is 1.50 bits per heavy atom. The summed E-state index contributed by atoms with van der Waals surface area (Å²) in [6, 6.07) is 17.8. The van der Waals surface area contributed by atoms with Crippen LogP contribution in [0.15, 0.2) is 66.7 Å². The van der Waals surface area contributed by atoms with Crippen molar-refractivity contribution in [1.29, 1.82) is 0 Å². The third kappa shape index (κ3) is 1.89. The minimum atomic E-state index is 0.282. The van der Waals surface area contributed by atoms with Gasteiger partial charge in [0.15, 0.2) is 0 Å². The summed E-state index contributed by atoms with van der Waals surface area (Å²) in [5.41, 5.74) is 3.81. The van der Waals surface area contributed by atoms with Crippen LogP contribution < -0.4 is 5.32 Å². The Balaban J connectivity index is 2.07. The van der Waals surface area contributed by atoms with Gasteiger partial charge in [-0.3, -0.25) is 0 Å². The van der Waals surface area contributed by atoms with Crippen molar-refractivity contribution in [2.24, 2.45) is 0 Å². The van der Waals surface area contributed by atoms with E-state index in [9.17, 15) is 5.11 Å². The molecule has 0 fully saturated rings. The average molecular weight is 235 g/mol. The van der Waals surface area contributed by atoms with Gasteiger partial charge in [-0.15, -0.1) is 0 Å². The van der Waals surface area contributed by atoms with Crippen LogP contribution in [0.25, 0.3) is 11.5 Å². The van der Waals surface area contributed by atoms with E-state index in [1.807, 2.05) is 60.7 Å². The number of hydrogen-bond acceptors (Lipinski definition) is 2. The Morgan fingerprint density at radius 1 is 0.778 bits per heavy atom. The molecule has 1 aliphatic heterocycles. The van der Waals surface area contributed by atoms with E-state index in [1.54, 1.807) is 6.08 Å². The molecule has 0 radical (unpaired) electrons. The van der Waals surface area contributed by atoms with Crippen molar-refractivity contribution < 1.29 is 5.11 Å². The van der Waals surface area contributed by atoms with Gasteiger partial charge in [0.2, 0.25) is 0 Å². The Kier molecular flexibility index (Phi) is 2.61. The molecule has 3 rings (SSSR count). The molecule has 18 heavy (non-hydrogen) atoms. The first-order valence-corrected chi connectivity index (χ1v) is 5.87. The molecule has 2 aromatic carbocycles. The summed E-state index contributed by atoms with van der Waals surface area (Å²) < 4.78 is 0. The van der Waals surface area contributed by atoms with Crippen LogP contribution in [0.3, 0.4) is 0 Å². The molecule has 88 valence electrons. The molecule has 2 nitrogen and oxygen atoms in total. The van der Waals surface area contributed by atoms with Crippen molar-refractivity contribution in [1.82, 2.24) is 0 Å². The third-order valence-electron chi connectivity index (χ3n) is 2.97. The second-order valence-electron chi connectivity index (χ2n) is 4.17. The van der Waals surface area contributed by atoms with E-state index < -0.39 is 0 Å². The van der Waals surface area contributed by atoms with Gasteiger partial charge in [-0.05, 0) is 29.8 Å². The van der Waals surface area contributed by atoms with E-state index in [2.05, 4.69) is 5.32 Å². The smallest absolute Gasteiger partial charge is 0.124 e. The Morgan fingerprint density at radius 3 is 2.33 bits per heavy atom. The van der Waals surface area contributed by atoms with Crippen molar-refractivity contribution in [3.8, 4) is 0 Å². The van der Waals surface area contributed by atoms with Gasteiger partial charge in [-0.1, -0.05) is 42.5 Å². The van der Waals surface area contributed by atoms with Gasteiger partial charge in [0.05, 0.1) is 0 Å². The summed E-state index contributed by atoms with van der Waals surface area (Å²) in [5.74, 6) is 0.282. The van der Waals surface area contributed by atoms with Gasteiger partial charge in [-0.25, -0.2) is 0 Å². The molecular weight excluding hydrogens is 222 g/mol. The number of benzene rings is 2. The van der Waals surface area contributed by atoms with E-state index in [0.29, 0.717) is 0 Å². The topological polar surface area (TPSA) is 32.3 Å². The molecule has 0 unspecified atom stereocenters. The number of anilines is 1. The van der Waals surface area contributed by atoms with Crippen LogP contribution in [0.4, 0.5) is 5.69 Å². The van der Waals surface area contributed by atoms with Crippen LogP contribution in [-0.2, 0) is 0 Å². The molecular formula is C16H13NO. The van der Waals surface area contributed by atoms with E-state index in [1.165, 1.54) is 0 Å². The van der Waals surface area contributed by atoms with Crippen LogP contribution in [0, 0.1) is 0 Å². The number of hydrogen-bond donors (Lipinski definition) is 2. The fourth-order valence-electron chi connectivity index (χ4n) is 2.04. The van der Waals surface area contributed by atoms with E-state index in [-0.39, 0.29) is 5.76 Å². The molecule has 2 aromatic rings. The molecule has 0 aliphatic carbocycles. The summed E-state index contributed by atoms with van der Waals surface area (Å²) >= 11 is 0. The number of para-hydroxylation sites is 1. The maximum atomic E-state index is 9.98. The van der Waals surface area contributed by atoms with Crippen LogP contribution >= 0.6 is 0 Å². The van der Waals surface area contributed by atoms with Crippen LogP contribution in [-0.4, -0.2) is 5.11 Å². The van der Waals surface area contributed by atoms with Crippen LogP contribution in [0.5, 0.6) is 0 Å². The van der Waals surface area contributed by atoms with Crippen molar-refractivity contribution in [2.75, 3.05) is 5.32 Å². The number of allylic oxidation sites excluding steroid dienone is 2. The normalized spacial score (nSPS) is 13.8. The fraction of sp³-hybridized carbons (Fsp3) is 0. The highest BCUT2D eigenvalue weighted by atomic mass is 16.3. The fourth-order valence-corrected chi connectivity index (χ4v) is 2.04. The van der Waals surface area contributed by atoms with Gasteiger partial charge in [-0.2, -0.15) is 0 Å². The predicted molar refractivity (Wildman–Crippen MR) is 75.1 cm³/mol. The lowest BCUT2D eigenvalue weighted by Crippen LogP contribution is -1.99. The first-order valence-electron chi connectivity index (χ1n) is 5.87. The molecule has 0 amide bonds. The standard InChI is InChI=1S/C16H13NO/c18-16-11-10-14(12-6-2-1-3-7-12)17-15-9-5-4-8-13(15)16/h1-11,17-18H. The minimum absolute atomic E-state index is 0.282. The number of aliphatic hydroxyl groups excluding tert-OH is 1. The zero-order valence-electron chi connectivity index (χ0n) is 9.80. The first kappa shape index (κ1) is 10.7. The zero-order chi connectivity index (χ0) is 12.4. The third-order valence-corrected chi connectivity index (χ3v) is 2.97. The van der Waals surface area contributed by atoms with Gasteiger partial charge in [0, 0.05) is 16.9 Å². The maximum Gasteiger partial charge on any atom is 0.124 e. The van der Waals surface area contributed by atoms with Gasteiger partial charge >= 0.3 is 0 Å². The maximum absolute atomic E-state index is 9.98. The second kappa shape index (κ2) is 4.41.